The number of amides is 2. The number of sulfonamides is 1. The number of carbonyl (C=O) groups excluding carboxylic acids is 2. The number of benzene rings is 2. The summed E-state index contributed by atoms with van der Waals surface area (Å²) in [6.45, 7) is 10.4. The fourth-order valence-corrected chi connectivity index (χ4v) is 5.70. The van der Waals surface area contributed by atoms with Gasteiger partial charge in [-0.2, -0.15) is 4.31 Å². The number of nitrogens with one attached hydrogen (secondary N) is 2. The van der Waals surface area contributed by atoms with Crippen molar-refractivity contribution in [3.05, 3.63) is 65.2 Å². The Kier molecular flexibility index (Phi) is 8.72. The number of carbonyl (C=O) groups is 2. The average molecular weight is 500 g/mol. The molecular weight excluding hydrogens is 462 g/mol. The van der Waals surface area contributed by atoms with Crippen LogP contribution in [0.1, 0.15) is 55.1 Å². The molecular formula is C27H37N3O4S. The maximum absolute atomic E-state index is 13.3. The zero-order valence-electron chi connectivity index (χ0n) is 21.2. The first kappa shape index (κ1) is 26.9. The molecule has 2 amide bonds. The molecule has 1 aliphatic heterocycles. The van der Waals surface area contributed by atoms with E-state index in [1.54, 1.807) is 36.4 Å². The summed E-state index contributed by atoms with van der Waals surface area (Å²) in [6.07, 6.45) is 0.959. The van der Waals surface area contributed by atoms with Crippen molar-refractivity contribution in [2.24, 2.45) is 11.8 Å². The second kappa shape index (κ2) is 11.4. The predicted octanol–water partition coefficient (Wildman–Crippen LogP) is 3.66. The van der Waals surface area contributed by atoms with E-state index in [1.165, 1.54) is 4.31 Å². The van der Waals surface area contributed by atoms with E-state index in [9.17, 15) is 18.0 Å². The molecule has 2 aromatic carbocycles. The van der Waals surface area contributed by atoms with Gasteiger partial charge in [-0.1, -0.05) is 49.7 Å². The highest BCUT2D eigenvalue weighted by molar-refractivity contribution is 7.89. The van der Waals surface area contributed by atoms with Crippen LogP contribution in [0.2, 0.25) is 0 Å². The minimum atomic E-state index is -3.60. The van der Waals surface area contributed by atoms with Crippen LogP contribution in [0.4, 0.5) is 0 Å². The molecule has 1 aliphatic rings. The normalized spacial score (nSPS) is 17.1. The molecule has 0 bridgehead atoms. The molecule has 0 aromatic heterocycles. The van der Waals surface area contributed by atoms with Crippen LogP contribution in [0.5, 0.6) is 0 Å². The second-order valence-electron chi connectivity index (χ2n) is 9.86. The molecule has 190 valence electrons. The lowest BCUT2D eigenvalue weighted by Crippen LogP contribution is -2.55. The minimum absolute atomic E-state index is 0.0534. The van der Waals surface area contributed by atoms with Crippen molar-refractivity contribution >= 4 is 21.8 Å². The van der Waals surface area contributed by atoms with Crippen LogP contribution in [-0.4, -0.2) is 49.7 Å². The molecule has 2 N–H and O–H groups in total. The maximum atomic E-state index is 13.3. The largest absolute Gasteiger partial charge is 0.352 e. The summed E-state index contributed by atoms with van der Waals surface area (Å²) in [5.74, 6) is -0.455. The van der Waals surface area contributed by atoms with Crippen molar-refractivity contribution < 1.29 is 18.0 Å². The van der Waals surface area contributed by atoms with E-state index in [4.69, 9.17) is 0 Å². The van der Waals surface area contributed by atoms with Gasteiger partial charge < -0.3 is 10.6 Å². The lowest BCUT2D eigenvalue weighted by molar-refractivity contribution is -0.125. The topological polar surface area (TPSA) is 95.6 Å². The van der Waals surface area contributed by atoms with Gasteiger partial charge in [0, 0.05) is 24.7 Å². The molecule has 2 atom stereocenters. The Labute approximate surface area is 209 Å². The number of hydrogen-bond donors (Lipinski definition) is 2. The lowest BCUT2D eigenvalue weighted by Gasteiger charge is -2.36. The Morgan fingerprint density at radius 3 is 2.09 bits per heavy atom. The van der Waals surface area contributed by atoms with Crippen LogP contribution < -0.4 is 10.6 Å². The Hall–Kier alpha value is -2.71. The van der Waals surface area contributed by atoms with E-state index in [0.29, 0.717) is 31.5 Å². The van der Waals surface area contributed by atoms with E-state index in [1.807, 2.05) is 46.8 Å². The number of nitrogens with zero attached hydrogens (tertiary/aromatic N) is 1. The highest BCUT2D eigenvalue weighted by atomic mass is 32.2. The highest BCUT2D eigenvalue weighted by Crippen LogP contribution is 2.27. The number of hydrogen-bond acceptors (Lipinski definition) is 4. The van der Waals surface area contributed by atoms with Crippen LogP contribution in [0.25, 0.3) is 0 Å². The molecule has 1 saturated heterocycles. The molecule has 35 heavy (non-hydrogen) atoms. The first-order valence-electron chi connectivity index (χ1n) is 12.2. The summed E-state index contributed by atoms with van der Waals surface area (Å²) in [6, 6.07) is 13.3. The van der Waals surface area contributed by atoms with Gasteiger partial charge in [-0.3, -0.25) is 9.59 Å². The van der Waals surface area contributed by atoms with Gasteiger partial charge in [0.05, 0.1) is 4.90 Å². The third kappa shape index (κ3) is 6.49. The molecule has 0 saturated carbocycles. The Morgan fingerprint density at radius 2 is 1.51 bits per heavy atom. The molecule has 8 heteroatoms. The van der Waals surface area contributed by atoms with Crippen LogP contribution >= 0.6 is 0 Å². The third-order valence-corrected chi connectivity index (χ3v) is 8.87. The predicted molar refractivity (Wildman–Crippen MR) is 138 cm³/mol. The van der Waals surface area contributed by atoms with Gasteiger partial charge in [-0.15, -0.1) is 0 Å². The lowest BCUT2D eigenvalue weighted by atomic mass is 9.88. The van der Waals surface area contributed by atoms with E-state index in [0.717, 1.165) is 11.1 Å². The van der Waals surface area contributed by atoms with Crippen LogP contribution in [0.3, 0.4) is 0 Å². The third-order valence-electron chi connectivity index (χ3n) is 6.96. The van der Waals surface area contributed by atoms with Crippen LogP contribution in [-0.2, 0) is 14.8 Å². The molecule has 7 nitrogen and oxygen atoms in total. The molecule has 1 fully saturated rings. The minimum Gasteiger partial charge on any atom is -0.352 e. The van der Waals surface area contributed by atoms with Gasteiger partial charge in [-0.05, 0) is 69.2 Å². The Morgan fingerprint density at radius 1 is 0.914 bits per heavy atom. The average Bonchev–Trinajstić information content (AvgIpc) is 2.83. The molecule has 2 unspecified atom stereocenters. The molecule has 2 aromatic rings. The summed E-state index contributed by atoms with van der Waals surface area (Å²) in [5.41, 5.74) is 2.36. The van der Waals surface area contributed by atoms with Crippen molar-refractivity contribution in [1.29, 1.82) is 0 Å². The summed E-state index contributed by atoms with van der Waals surface area (Å²) in [4.78, 5) is 26.6. The highest BCUT2D eigenvalue weighted by Gasteiger charge is 2.37. The number of rotatable bonds is 8. The van der Waals surface area contributed by atoms with E-state index in [-0.39, 0.29) is 34.6 Å². The first-order valence-corrected chi connectivity index (χ1v) is 13.7. The monoisotopic (exact) mass is 499 g/mol. The zero-order valence-corrected chi connectivity index (χ0v) is 22.1. The molecule has 1 heterocycles. The number of aryl methyl sites for hydroxylation is 2. The van der Waals surface area contributed by atoms with Crippen molar-refractivity contribution in [1.82, 2.24) is 14.9 Å². The van der Waals surface area contributed by atoms with Crippen molar-refractivity contribution in [2.75, 3.05) is 13.1 Å². The Balaban J connectivity index is 1.76. The fraction of sp³-hybridized carbons (Fsp3) is 0.481. The van der Waals surface area contributed by atoms with Gasteiger partial charge in [-0.25, -0.2) is 8.42 Å². The smallest absolute Gasteiger partial charge is 0.252 e. The van der Waals surface area contributed by atoms with Crippen molar-refractivity contribution in [3.63, 3.8) is 0 Å². The van der Waals surface area contributed by atoms with Crippen LogP contribution in [0, 0.1) is 25.7 Å². The molecule has 0 aliphatic carbocycles. The van der Waals surface area contributed by atoms with E-state index < -0.39 is 16.1 Å². The standard InChI is InChI=1S/C27H37N3O4S/c1-18(2)21(5)28-27(32)25(29-26(31)24-9-7-6-8-20(24)4)22-14-16-30(17-15-22)35(33,34)23-12-10-19(3)11-13-23/h6-13,18,21-22,25H,14-17H2,1-5H3,(H,28,32)(H,29,31). The first-order chi connectivity index (χ1) is 16.5. The van der Waals surface area contributed by atoms with Gasteiger partial charge in [0.25, 0.3) is 5.91 Å². The molecule has 0 radical (unpaired) electrons. The van der Waals surface area contributed by atoms with Crippen molar-refractivity contribution in [3.8, 4) is 0 Å². The summed E-state index contributed by atoms with van der Waals surface area (Å²) in [7, 11) is -3.60. The maximum Gasteiger partial charge on any atom is 0.252 e. The van der Waals surface area contributed by atoms with Gasteiger partial charge in [0.1, 0.15) is 6.04 Å². The molecule has 0 spiro atoms. The van der Waals surface area contributed by atoms with Gasteiger partial charge in [0.2, 0.25) is 15.9 Å². The summed E-state index contributed by atoms with van der Waals surface area (Å²) in [5, 5.41) is 6.00. The van der Waals surface area contributed by atoms with Crippen molar-refractivity contribution in [2.45, 2.75) is 64.4 Å². The number of piperidine rings is 1. The fourth-order valence-electron chi connectivity index (χ4n) is 4.23. The van der Waals surface area contributed by atoms with E-state index in [2.05, 4.69) is 10.6 Å². The Bertz CT molecular complexity index is 1140. The zero-order chi connectivity index (χ0) is 25.8. The van der Waals surface area contributed by atoms with Gasteiger partial charge in [0.15, 0.2) is 0 Å². The van der Waals surface area contributed by atoms with Crippen LogP contribution in [0.15, 0.2) is 53.4 Å². The summed E-state index contributed by atoms with van der Waals surface area (Å²) < 4.78 is 27.7. The van der Waals surface area contributed by atoms with E-state index >= 15 is 0 Å². The molecule has 3 rings (SSSR count). The SMILES string of the molecule is Cc1ccc(S(=O)(=O)N2CCC(C(NC(=O)c3ccccc3C)C(=O)NC(C)C(C)C)CC2)cc1. The summed E-state index contributed by atoms with van der Waals surface area (Å²) >= 11 is 0. The second-order valence-corrected chi connectivity index (χ2v) is 11.8. The van der Waals surface area contributed by atoms with Gasteiger partial charge >= 0.3 is 0 Å². The quantitative estimate of drug-likeness (QED) is 0.579.